The van der Waals surface area contributed by atoms with Crippen LogP contribution in [0.15, 0.2) is 64.6 Å². The second-order valence-corrected chi connectivity index (χ2v) is 12.6. The minimum atomic E-state index is -3.66. The average Bonchev–Trinajstić information content (AvgIpc) is 3.39. The summed E-state index contributed by atoms with van der Waals surface area (Å²) in [5.74, 6) is 0.0210. The van der Waals surface area contributed by atoms with Crippen molar-refractivity contribution in [2.24, 2.45) is 5.92 Å². The van der Waals surface area contributed by atoms with Crippen LogP contribution in [0.4, 0.5) is 0 Å². The Labute approximate surface area is 246 Å². The fraction of sp³-hybridized carbons (Fsp3) is 0.448. The zero-order valence-electron chi connectivity index (χ0n) is 23.7. The Kier molecular flexibility index (Phi) is 10.6. The molecule has 1 aromatic heterocycles. The first-order chi connectivity index (χ1) is 19.8. The predicted octanol–water partition coefficient (Wildman–Crippen LogP) is 3.92. The van der Waals surface area contributed by atoms with Gasteiger partial charge in [0.05, 0.1) is 29.7 Å². The quantitative estimate of drug-likeness (QED) is 0.227. The maximum Gasteiger partial charge on any atom is 0.310 e. The van der Waals surface area contributed by atoms with Gasteiger partial charge in [0, 0.05) is 31.7 Å². The monoisotopic (exact) mass is 599 g/mol. The van der Waals surface area contributed by atoms with Gasteiger partial charge in [-0.05, 0) is 37.5 Å². The summed E-state index contributed by atoms with van der Waals surface area (Å²) in [4.78, 5) is 27.3. The van der Waals surface area contributed by atoms with Gasteiger partial charge < -0.3 is 9.64 Å². The number of aromatic nitrogens is 3. The molecule has 1 aliphatic heterocycles. The summed E-state index contributed by atoms with van der Waals surface area (Å²) in [5, 5.41) is 9.39. The molecule has 3 aromatic rings. The number of hydrogen-bond acceptors (Lipinski definition) is 8. The highest BCUT2D eigenvalue weighted by molar-refractivity contribution is 7.99. The molecule has 1 unspecified atom stereocenters. The minimum absolute atomic E-state index is 0.0767. The number of esters is 1. The number of carbonyl (C=O) groups is 2. The van der Waals surface area contributed by atoms with Crippen LogP contribution in [0.1, 0.15) is 39.2 Å². The molecule has 2 heterocycles. The van der Waals surface area contributed by atoms with Crippen LogP contribution >= 0.6 is 11.8 Å². The molecule has 1 atom stereocenters. The number of hydrogen-bond donors (Lipinski definition) is 0. The van der Waals surface area contributed by atoms with Crippen LogP contribution in [0.5, 0.6) is 0 Å². The Morgan fingerprint density at radius 2 is 1.80 bits per heavy atom. The molecule has 0 radical (unpaired) electrons. The molecular formula is C29H37N5O5S2. The first kappa shape index (κ1) is 30.7. The number of sulfonamides is 1. The van der Waals surface area contributed by atoms with Gasteiger partial charge in [-0.1, -0.05) is 68.1 Å². The number of thioether (sulfide) groups is 1. The van der Waals surface area contributed by atoms with Crippen molar-refractivity contribution in [3.8, 4) is 11.4 Å². The number of piperidine rings is 1. The Morgan fingerprint density at radius 3 is 2.51 bits per heavy atom. The lowest BCUT2D eigenvalue weighted by atomic mass is 9.98. The summed E-state index contributed by atoms with van der Waals surface area (Å²) in [7, 11) is -3.66. The Balaban J connectivity index is 1.59. The normalized spacial score (nSPS) is 15.7. The largest absolute Gasteiger partial charge is 0.466 e. The molecule has 0 bridgehead atoms. The van der Waals surface area contributed by atoms with Crippen molar-refractivity contribution in [3.63, 3.8) is 0 Å². The summed E-state index contributed by atoms with van der Waals surface area (Å²) < 4.78 is 34.9. The van der Waals surface area contributed by atoms with Crippen molar-refractivity contribution < 1.29 is 22.7 Å². The number of carbonyl (C=O) groups excluding carboxylic acids is 2. The Bertz CT molecular complexity index is 1440. The molecule has 0 N–H and O–H groups in total. The zero-order chi connectivity index (χ0) is 29.4. The molecule has 12 heteroatoms. The summed E-state index contributed by atoms with van der Waals surface area (Å²) in [6, 6.07) is 16.6. The number of benzene rings is 2. The van der Waals surface area contributed by atoms with Gasteiger partial charge in [-0.3, -0.25) is 14.2 Å². The van der Waals surface area contributed by atoms with Crippen molar-refractivity contribution in [1.29, 1.82) is 0 Å². The zero-order valence-corrected chi connectivity index (χ0v) is 25.4. The Morgan fingerprint density at radius 1 is 1.05 bits per heavy atom. The number of ether oxygens (including phenoxy) is 1. The first-order valence-corrected chi connectivity index (χ1v) is 16.4. The van der Waals surface area contributed by atoms with E-state index in [0.29, 0.717) is 62.3 Å². The average molecular weight is 600 g/mol. The van der Waals surface area contributed by atoms with Crippen molar-refractivity contribution >= 4 is 33.7 Å². The maximum atomic E-state index is 13.2. The van der Waals surface area contributed by atoms with Gasteiger partial charge in [-0.2, -0.15) is 4.31 Å². The molecular weight excluding hydrogens is 562 g/mol. The van der Waals surface area contributed by atoms with Crippen LogP contribution in [-0.4, -0.2) is 82.8 Å². The number of likely N-dealkylation sites (tertiary alicyclic amines) is 1. The van der Waals surface area contributed by atoms with Crippen LogP contribution in [0, 0.1) is 5.92 Å². The first-order valence-electron chi connectivity index (χ1n) is 13.9. The Hall–Kier alpha value is -3.22. The SMILES string of the molecule is CCOC(=O)C1CCCN(C(=O)CSc2nnc(-c3cccc(S(=O)(=O)N(CC)CC)c3)n2Cc2ccccc2)C1. The fourth-order valence-electron chi connectivity index (χ4n) is 4.90. The van der Waals surface area contributed by atoms with Gasteiger partial charge in [0.1, 0.15) is 0 Å². The van der Waals surface area contributed by atoms with Crippen LogP contribution in [0.3, 0.4) is 0 Å². The van der Waals surface area contributed by atoms with E-state index in [1.165, 1.54) is 16.1 Å². The van der Waals surface area contributed by atoms with E-state index in [2.05, 4.69) is 10.2 Å². The van der Waals surface area contributed by atoms with E-state index in [1.807, 2.05) is 54.8 Å². The van der Waals surface area contributed by atoms with E-state index in [-0.39, 0.29) is 28.4 Å². The third kappa shape index (κ3) is 7.35. The van der Waals surface area contributed by atoms with Crippen LogP contribution < -0.4 is 0 Å². The van der Waals surface area contributed by atoms with Crippen molar-refractivity contribution in [2.75, 3.05) is 38.5 Å². The molecule has 41 heavy (non-hydrogen) atoms. The molecule has 0 saturated carbocycles. The van der Waals surface area contributed by atoms with Gasteiger partial charge in [0.25, 0.3) is 0 Å². The van der Waals surface area contributed by atoms with Gasteiger partial charge in [-0.25, -0.2) is 8.42 Å². The number of amides is 1. The second kappa shape index (κ2) is 14.1. The highest BCUT2D eigenvalue weighted by Gasteiger charge is 2.30. The molecule has 0 spiro atoms. The third-order valence-electron chi connectivity index (χ3n) is 7.05. The van der Waals surface area contributed by atoms with Crippen molar-refractivity contribution in [3.05, 3.63) is 60.2 Å². The smallest absolute Gasteiger partial charge is 0.310 e. The summed E-state index contributed by atoms with van der Waals surface area (Å²) in [5.41, 5.74) is 1.63. The molecule has 1 saturated heterocycles. The maximum absolute atomic E-state index is 13.2. The van der Waals surface area contributed by atoms with Crippen molar-refractivity contribution in [2.45, 2.75) is 50.2 Å². The van der Waals surface area contributed by atoms with E-state index in [0.717, 1.165) is 12.0 Å². The molecule has 10 nitrogen and oxygen atoms in total. The highest BCUT2D eigenvalue weighted by Crippen LogP contribution is 2.28. The summed E-state index contributed by atoms with van der Waals surface area (Å²) >= 11 is 1.28. The standard InChI is InChI=1S/C29H37N5O5S2/c1-4-33(5-2)41(37,38)25-16-10-14-23(18-25)27-30-31-29(34(27)19-22-12-8-7-9-13-22)40-21-26(35)32-17-11-15-24(20-32)28(36)39-6-3/h7-10,12-14,16,18,24H,4-6,11,15,17,19-21H2,1-3H3. The minimum Gasteiger partial charge on any atom is -0.466 e. The lowest BCUT2D eigenvalue weighted by molar-refractivity contribution is -0.151. The number of rotatable bonds is 12. The van der Waals surface area contributed by atoms with E-state index in [9.17, 15) is 18.0 Å². The molecule has 0 aliphatic carbocycles. The van der Waals surface area contributed by atoms with E-state index in [1.54, 1.807) is 30.0 Å². The van der Waals surface area contributed by atoms with Crippen LogP contribution in [0.2, 0.25) is 0 Å². The molecule has 1 fully saturated rings. The lowest BCUT2D eigenvalue weighted by Gasteiger charge is -2.31. The van der Waals surface area contributed by atoms with E-state index in [4.69, 9.17) is 4.74 Å². The number of nitrogens with zero attached hydrogens (tertiary/aromatic N) is 5. The fourth-order valence-corrected chi connectivity index (χ4v) is 7.24. The van der Waals surface area contributed by atoms with Crippen molar-refractivity contribution in [1.82, 2.24) is 24.0 Å². The molecule has 2 aromatic carbocycles. The van der Waals surface area contributed by atoms with Gasteiger partial charge >= 0.3 is 5.97 Å². The second-order valence-electron chi connectivity index (χ2n) is 9.71. The summed E-state index contributed by atoms with van der Waals surface area (Å²) in [6.45, 7) is 7.88. The topological polar surface area (TPSA) is 115 Å². The van der Waals surface area contributed by atoms with Crippen LogP contribution in [-0.2, 0) is 30.9 Å². The van der Waals surface area contributed by atoms with Crippen LogP contribution in [0.25, 0.3) is 11.4 Å². The third-order valence-corrected chi connectivity index (χ3v) is 10.1. The molecule has 1 aliphatic rings. The molecule has 1 amide bonds. The molecule has 220 valence electrons. The van der Waals surface area contributed by atoms with Gasteiger partial charge in [0.2, 0.25) is 15.9 Å². The molecule has 4 rings (SSSR count). The predicted molar refractivity (Wildman–Crippen MR) is 158 cm³/mol. The lowest BCUT2D eigenvalue weighted by Crippen LogP contribution is -2.43. The highest BCUT2D eigenvalue weighted by atomic mass is 32.2. The summed E-state index contributed by atoms with van der Waals surface area (Å²) in [6.07, 6.45) is 1.47. The van der Waals surface area contributed by atoms with Gasteiger partial charge in [0.15, 0.2) is 11.0 Å². The van der Waals surface area contributed by atoms with E-state index >= 15 is 0 Å². The van der Waals surface area contributed by atoms with E-state index < -0.39 is 10.0 Å². The van der Waals surface area contributed by atoms with Gasteiger partial charge in [-0.15, -0.1) is 10.2 Å².